The Morgan fingerprint density at radius 3 is 2.41 bits per heavy atom. The van der Waals surface area contributed by atoms with Crippen LogP contribution in [0.4, 0.5) is 4.79 Å². The molecular weight excluding hydrogens is 368 g/mol. The molecule has 0 bridgehead atoms. The quantitative estimate of drug-likeness (QED) is 0.869. The predicted molar refractivity (Wildman–Crippen MR) is 102 cm³/mol. The van der Waals surface area contributed by atoms with Crippen LogP contribution in [0.3, 0.4) is 0 Å². The minimum Gasteiger partial charge on any atom is -0.338 e. The van der Waals surface area contributed by atoms with Gasteiger partial charge in [0.15, 0.2) is 5.82 Å². The summed E-state index contributed by atoms with van der Waals surface area (Å²) in [6, 6.07) is 5.25. The predicted octanol–water partition coefficient (Wildman–Crippen LogP) is 2.02. The largest absolute Gasteiger partial charge is 0.338 e. The smallest absolute Gasteiger partial charge is 0.317 e. The topological polar surface area (TPSA) is 83.4 Å². The van der Waals surface area contributed by atoms with E-state index < -0.39 is 0 Å². The fourth-order valence-electron chi connectivity index (χ4n) is 3.09. The van der Waals surface area contributed by atoms with Gasteiger partial charge in [0.05, 0.1) is 10.7 Å². The molecule has 0 radical (unpaired) electrons. The number of nitrogens with zero attached hydrogens (tertiary/aromatic N) is 5. The molecule has 3 rings (SSSR count). The molecule has 0 aliphatic carbocycles. The highest BCUT2D eigenvalue weighted by Crippen LogP contribution is 2.20. The van der Waals surface area contributed by atoms with Crippen molar-refractivity contribution in [2.75, 3.05) is 32.7 Å². The van der Waals surface area contributed by atoms with Gasteiger partial charge in [0.1, 0.15) is 5.69 Å². The van der Waals surface area contributed by atoms with Crippen molar-refractivity contribution in [3.05, 3.63) is 40.3 Å². The molecule has 1 fully saturated rings. The van der Waals surface area contributed by atoms with E-state index in [1.165, 1.54) is 0 Å². The van der Waals surface area contributed by atoms with Crippen molar-refractivity contribution >= 4 is 23.5 Å². The van der Waals surface area contributed by atoms with Gasteiger partial charge in [-0.05, 0) is 39.0 Å². The first-order valence-corrected chi connectivity index (χ1v) is 9.30. The van der Waals surface area contributed by atoms with Crippen molar-refractivity contribution in [2.45, 2.75) is 20.8 Å². The molecule has 1 N–H and O–H groups in total. The van der Waals surface area contributed by atoms with Gasteiger partial charge in [-0.15, -0.1) is 0 Å². The molecule has 0 unspecified atom stereocenters. The minimum absolute atomic E-state index is 0.104. The standard InChI is InChI=1S/C18H23ClN6O2/c1-4-20-18(27)24-9-7-23(8-10-24)17(26)16-14(19)5-6-15(21-16)25-13(3)11-12(2)22-25/h5-6,11H,4,7-10H2,1-3H3,(H,20,27). The van der Waals surface area contributed by atoms with Gasteiger partial charge in [0.25, 0.3) is 5.91 Å². The number of halogens is 1. The summed E-state index contributed by atoms with van der Waals surface area (Å²) in [4.78, 5) is 32.7. The Bertz CT molecular complexity index is 858. The second-order valence-electron chi connectivity index (χ2n) is 6.45. The van der Waals surface area contributed by atoms with Crippen molar-refractivity contribution < 1.29 is 9.59 Å². The number of aryl methyl sites for hydroxylation is 2. The number of aromatic nitrogens is 3. The van der Waals surface area contributed by atoms with Crippen molar-refractivity contribution in [1.82, 2.24) is 29.9 Å². The first-order valence-electron chi connectivity index (χ1n) is 8.93. The number of amides is 3. The second-order valence-corrected chi connectivity index (χ2v) is 6.86. The summed E-state index contributed by atoms with van der Waals surface area (Å²) < 4.78 is 1.69. The molecule has 0 atom stereocenters. The van der Waals surface area contributed by atoms with Crippen LogP contribution in [0, 0.1) is 13.8 Å². The zero-order valence-electron chi connectivity index (χ0n) is 15.7. The lowest BCUT2D eigenvalue weighted by Gasteiger charge is -2.34. The second kappa shape index (κ2) is 7.96. The van der Waals surface area contributed by atoms with Gasteiger partial charge in [-0.1, -0.05) is 11.6 Å². The van der Waals surface area contributed by atoms with Crippen molar-refractivity contribution in [1.29, 1.82) is 0 Å². The summed E-state index contributed by atoms with van der Waals surface area (Å²) in [7, 11) is 0. The lowest BCUT2D eigenvalue weighted by atomic mass is 10.2. The Balaban J connectivity index is 1.76. The summed E-state index contributed by atoms with van der Waals surface area (Å²) >= 11 is 6.25. The minimum atomic E-state index is -0.237. The number of hydrogen-bond donors (Lipinski definition) is 1. The number of pyridine rings is 1. The van der Waals surface area contributed by atoms with Crippen LogP contribution in [0.25, 0.3) is 5.82 Å². The highest BCUT2D eigenvalue weighted by Gasteiger charge is 2.27. The van der Waals surface area contributed by atoms with E-state index >= 15 is 0 Å². The molecule has 9 heteroatoms. The highest BCUT2D eigenvalue weighted by molar-refractivity contribution is 6.33. The highest BCUT2D eigenvalue weighted by atomic mass is 35.5. The third-order valence-corrected chi connectivity index (χ3v) is 4.75. The third-order valence-electron chi connectivity index (χ3n) is 4.44. The Kier molecular flexibility index (Phi) is 5.65. The van der Waals surface area contributed by atoms with E-state index in [0.717, 1.165) is 11.4 Å². The summed E-state index contributed by atoms with van der Waals surface area (Å²) in [6.45, 7) is 8.13. The Labute approximate surface area is 163 Å². The number of rotatable bonds is 3. The summed E-state index contributed by atoms with van der Waals surface area (Å²) in [5.41, 5.74) is 2.00. The molecule has 8 nitrogen and oxygen atoms in total. The Morgan fingerprint density at radius 2 is 1.81 bits per heavy atom. The van der Waals surface area contributed by atoms with Crippen LogP contribution < -0.4 is 5.32 Å². The molecule has 1 saturated heterocycles. The molecular formula is C18H23ClN6O2. The lowest BCUT2D eigenvalue weighted by Crippen LogP contribution is -2.53. The van der Waals surface area contributed by atoms with E-state index in [9.17, 15) is 9.59 Å². The molecule has 0 saturated carbocycles. The maximum absolute atomic E-state index is 12.9. The fraction of sp³-hybridized carbons (Fsp3) is 0.444. The third kappa shape index (κ3) is 4.05. The number of hydrogen-bond acceptors (Lipinski definition) is 4. The van der Waals surface area contributed by atoms with E-state index in [1.807, 2.05) is 26.8 Å². The number of carbonyl (C=O) groups is 2. The van der Waals surface area contributed by atoms with Crippen molar-refractivity contribution in [3.8, 4) is 5.82 Å². The van der Waals surface area contributed by atoms with E-state index in [2.05, 4.69) is 15.4 Å². The normalized spacial score (nSPS) is 14.4. The van der Waals surface area contributed by atoms with Gasteiger partial charge in [0, 0.05) is 38.4 Å². The molecule has 2 aromatic heterocycles. The van der Waals surface area contributed by atoms with Gasteiger partial charge in [0.2, 0.25) is 0 Å². The van der Waals surface area contributed by atoms with Crippen LogP contribution in [0.2, 0.25) is 5.02 Å². The van der Waals surface area contributed by atoms with E-state index in [4.69, 9.17) is 11.6 Å². The summed E-state index contributed by atoms with van der Waals surface area (Å²) in [6.07, 6.45) is 0. The molecule has 3 heterocycles. The summed E-state index contributed by atoms with van der Waals surface area (Å²) in [5.74, 6) is 0.313. The molecule has 1 aliphatic heterocycles. The monoisotopic (exact) mass is 390 g/mol. The Hall–Kier alpha value is -2.61. The molecule has 0 aromatic carbocycles. The van der Waals surface area contributed by atoms with Gasteiger partial charge in [-0.25, -0.2) is 14.5 Å². The first-order chi connectivity index (χ1) is 12.9. The van der Waals surface area contributed by atoms with Gasteiger partial charge in [-0.2, -0.15) is 5.10 Å². The average Bonchev–Trinajstić information content (AvgIpc) is 3.00. The number of piperazine rings is 1. The molecule has 1 aliphatic rings. The molecule has 3 amide bonds. The SMILES string of the molecule is CCNC(=O)N1CCN(C(=O)c2nc(-n3nc(C)cc3C)ccc2Cl)CC1. The molecule has 27 heavy (non-hydrogen) atoms. The van der Waals surface area contributed by atoms with Crippen LogP contribution >= 0.6 is 11.6 Å². The van der Waals surface area contributed by atoms with Crippen LogP contribution in [0.15, 0.2) is 18.2 Å². The van der Waals surface area contributed by atoms with Gasteiger partial charge < -0.3 is 15.1 Å². The van der Waals surface area contributed by atoms with Crippen molar-refractivity contribution in [2.24, 2.45) is 0 Å². The van der Waals surface area contributed by atoms with Gasteiger partial charge in [-0.3, -0.25) is 4.79 Å². The van der Waals surface area contributed by atoms with Crippen molar-refractivity contribution in [3.63, 3.8) is 0 Å². The van der Waals surface area contributed by atoms with Crippen LogP contribution in [-0.2, 0) is 0 Å². The number of urea groups is 1. The number of carbonyl (C=O) groups excluding carboxylic acids is 2. The average molecular weight is 391 g/mol. The van der Waals surface area contributed by atoms with E-state index in [0.29, 0.717) is 43.6 Å². The maximum Gasteiger partial charge on any atom is 0.317 e. The zero-order chi connectivity index (χ0) is 19.6. The van der Waals surface area contributed by atoms with Crippen LogP contribution in [0.1, 0.15) is 28.8 Å². The van der Waals surface area contributed by atoms with Crippen LogP contribution in [-0.4, -0.2) is 69.2 Å². The fourth-order valence-corrected chi connectivity index (χ4v) is 3.27. The summed E-state index contributed by atoms with van der Waals surface area (Å²) in [5, 5.41) is 7.48. The van der Waals surface area contributed by atoms with Crippen LogP contribution in [0.5, 0.6) is 0 Å². The Morgan fingerprint density at radius 1 is 1.15 bits per heavy atom. The zero-order valence-corrected chi connectivity index (χ0v) is 16.5. The molecule has 0 spiro atoms. The first kappa shape index (κ1) is 19.2. The number of nitrogens with one attached hydrogen (secondary N) is 1. The molecule has 144 valence electrons. The van der Waals surface area contributed by atoms with E-state index in [-0.39, 0.29) is 17.6 Å². The maximum atomic E-state index is 12.9. The van der Waals surface area contributed by atoms with E-state index in [1.54, 1.807) is 26.6 Å². The lowest BCUT2D eigenvalue weighted by molar-refractivity contribution is 0.0659. The van der Waals surface area contributed by atoms with Gasteiger partial charge >= 0.3 is 6.03 Å². The molecule has 2 aromatic rings.